The van der Waals surface area contributed by atoms with Gasteiger partial charge in [-0.2, -0.15) is 0 Å². The third-order valence-electron chi connectivity index (χ3n) is 5.97. The Kier molecular flexibility index (Phi) is 6.83. The van der Waals surface area contributed by atoms with Crippen molar-refractivity contribution in [1.82, 2.24) is 4.98 Å². The average Bonchev–Trinajstić information content (AvgIpc) is 2.94. The molecule has 0 radical (unpaired) electrons. The summed E-state index contributed by atoms with van der Waals surface area (Å²) in [6.45, 7) is 0. The minimum absolute atomic E-state index is 0.0821. The van der Waals surface area contributed by atoms with Crippen molar-refractivity contribution in [3.8, 4) is 0 Å². The Labute approximate surface area is 210 Å². The molecule has 4 aromatic carbocycles. The molecule has 6 heteroatoms. The van der Waals surface area contributed by atoms with E-state index in [0.717, 1.165) is 27.2 Å². The number of non-ortho nitro benzene ring substituents is 1. The fraction of sp³-hybridized carbons (Fsp3) is 0.0333. The van der Waals surface area contributed by atoms with Gasteiger partial charge in [0.15, 0.2) is 5.82 Å². The molecule has 0 saturated heterocycles. The Bertz CT molecular complexity index is 1420. The molecule has 5 aromatic rings. The number of nitro benzene ring substituents is 1. The first-order valence-corrected chi connectivity index (χ1v) is 13.4. The maximum absolute atomic E-state index is 11.0. The minimum Gasteiger partial charge on any atom is -0.258 e. The Morgan fingerprint density at radius 1 is 0.639 bits per heavy atom. The topological polar surface area (TPSA) is 68.4 Å². The molecule has 0 spiro atoms. The van der Waals surface area contributed by atoms with Crippen LogP contribution in [0.15, 0.2) is 138 Å². The molecule has 0 atom stereocenters. The zero-order valence-corrected chi connectivity index (χ0v) is 20.4. The molecule has 36 heavy (non-hydrogen) atoms. The lowest BCUT2D eigenvalue weighted by Gasteiger charge is -2.26. The number of rotatable bonds is 7. The number of nitro groups is 1. The molecular formula is C30H24N3O2P. The largest absolute Gasteiger partial charge is 0.269 e. The van der Waals surface area contributed by atoms with Crippen LogP contribution in [0.3, 0.4) is 0 Å². The third-order valence-corrected chi connectivity index (χ3v) is 9.61. The number of hydrogen-bond acceptors (Lipinski definition) is 4. The third kappa shape index (κ3) is 4.88. The van der Waals surface area contributed by atoms with Gasteiger partial charge in [-0.25, -0.2) is 9.73 Å². The number of aromatic nitrogens is 1. The van der Waals surface area contributed by atoms with Crippen molar-refractivity contribution in [3.63, 3.8) is 0 Å². The maximum atomic E-state index is 11.0. The molecule has 0 amide bonds. The van der Waals surface area contributed by atoms with Crippen LogP contribution in [0, 0.1) is 10.1 Å². The van der Waals surface area contributed by atoms with Crippen LogP contribution < -0.4 is 15.9 Å². The zero-order chi connectivity index (χ0) is 24.8. The van der Waals surface area contributed by atoms with Gasteiger partial charge >= 0.3 is 0 Å². The summed E-state index contributed by atoms with van der Waals surface area (Å²) < 4.78 is 5.45. The van der Waals surface area contributed by atoms with Crippen molar-refractivity contribution >= 4 is 34.5 Å². The molecule has 0 fully saturated rings. The van der Waals surface area contributed by atoms with E-state index in [0.29, 0.717) is 12.2 Å². The Morgan fingerprint density at radius 3 is 1.61 bits per heavy atom. The van der Waals surface area contributed by atoms with Crippen LogP contribution in [0.4, 0.5) is 11.5 Å². The standard InChI is InChI=1S/C30H24N3O2P/c34-33(35)26-21-19-24(20-22-26)23-25-11-10-18-30(31-25)32-36(27-12-4-1-5-13-27,28-14-6-2-7-15-28)29-16-8-3-9-17-29/h1-22H,23H2. The average molecular weight is 490 g/mol. The summed E-state index contributed by atoms with van der Waals surface area (Å²) in [4.78, 5) is 15.5. The molecule has 5 nitrogen and oxygen atoms in total. The Balaban J connectivity index is 1.66. The first-order valence-electron chi connectivity index (χ1n) is 11.6. The molecule has 0 aliphatic rings. The SMILES string of the molecule is O=[N+]([O-])c1ccc(Cc2cccc(N=P(c3ccccc3)(c3ccccc3)c3ccccc3)n2)cc1. The molecular weight excluding hydrogens is 465 g/mol. The normalized spacial score (nSPS) is 11.1. The van der Waals surface area contributed by atoms with Crippen molar-refractivity contribution in [2.75, 3.05) is 0 Å². The van der Waals surface area contributed by atoms with E-state index in [1.165, 1.54) is 12.1 Å². The molecule has 0 aliphatic carbocycles. The zero-order valence-electron chi connectivity index (χ0n) is 19.5. The summed E-state index contributed by atoms with van der Waals surface area (Å²) in [5.74, 6) is 0.666. The van der Waals surface area contributed by atoms with Gasteiger partial charge in [-0.05, 0) is 17.7 Å². The van der Waals surface area contributed by atoms with E-state index in [9.17, 15) is 10.1 Å². The van der Waals surface area contributed by atoms with Gasteiger partial charge in [0.1, 0.15) is 0 Å². The lowest BCUT2D eigenvalue weighted by atomic mass is 10.1. The van der Waals surface area contributed by atoms with Crippen LogP contribution in [-0.2, 0) is 6.42 Å². The second kappa shape index (κ2) is 10.5. The van der Waals surface area contributed by atoms with Crippen LogP contribution in [-0.4, -0.2) is 9.91 Å². The van der Waals surface area contributed by atoms with Crippen LogP contribution in [0.1, 0.15) is 11.3 Å². The number of pyridine rings is 1. The van der Waals surface area contributed by atoms with Gasteiger partial charge in [0.2, 0.25) is 0 Å². The molecule has 0 unspecified atom stereocenters. The Hall–Kier alpha value is -4.34. The lowest BCUT2D eigenvalue weighted by Crippen LogP contribution is -2.25. The molecule has 0 bridgehead atoms. The Morgan fingerprint density at radius 2 is 1.14 bits per heavy atom. The number of nitrogens with zero attached hydrogens (tertiary/aromatic N) is 3. The van der Waals surface area contributed by atoms with E-state index >= 15 is 0 Å². The fourth-order valence-corrected chi connectivity index (χ4v) is 7.74. The van der Waals surface area contributed by atoms with Gasteiger partial charge in [0, 0.05) is 40.2 Å². The van der Waals surface area contributed by atoms with Gasteiger partial charge in [-0.3, -0.25) is 10.1 Å². The summed E-state index contributed by atoms with van der Waals surface area (Å²) >= 11 is 0. The molecule has 1 aromatic heterocycles. The van der Waals surface area contributed by atoms with Crippen LogP contribution >= 0.6 is 7.05 Å². The highest BCUT2D eigenvalue weighted by molar-refractivity contribution is 7.87. The van der Waals surface area contributed by atoms with Crippen molar-refractivity contribution in [1.29, 1.82) is 0 Å². The van der Waals surface area contributed by atoms with Crippen molar-refractivity contribution in [2.24, 2.45) is 4.74 Å². The van der Waals surface area contributed by atoms with E-state index in [1.807, 2.05) is 36.4 Å². The van der Waals surface area contributed by atoms with Gasteiger partial charge in [-0.15, -0.1) is 0 Å². The van der Waals surface area contributed by atoms with Crippen LogP contribution in [0.25, 0.3) is 0 Å². The lowest BCUT2D eigenvalue weighted by molar-refractivity contribution is -0.384. The van der Waals surface area contributed by atoms with Gasteiger partial charge in [-0.1, -0.05) is 109 Å². The molecule has 1 heterocycles. The minimum atomic E-state index is -2.41. The maximum Gasteiger partial charge on any atom is 0.269 e. The second-order valence-corrected chi connectivity index (χ2v) is 11.3. The highest BCUT2D eigenvalue weighted by Crippen LogP contribution is 2.48. The van der Waals surface area contributed by atoms with Crippen molar-refractivity contribution in [3.05, 3.63) is 155 Å². The monoisotopic (exact) mass is 489 g/mol. The molecule has 5 rings (SSSR count). The number of benzene rings is 4. The summed E-state index contributed by atoms with van der Waals surface area (Å²) in [5, 5.41) is 14.5. The van der Waals surface area contributed by atoms with Crippen molar-refractivity contribution < 1.29 is 4.92 Å². The first-order chi connectivity index (χ1) is 17.6. The highest BCUT2D eigenvalue weighted by atomic mass is 31.2. The molecule has 176 valence electrons. The van der Waals surface area contributed by atoms with Gasteiger partial charge < -0.3 is 0 Å². The predicted octanol–water partition coefficient (Wildman–Crippen LogP) is 6.39. The van der Waals surface area contributed by atoms with Gasteiger partial charge in [0.25, 0.3) is 5.69 Å². The van der Waals surface area contributed by atoms with Crippen LogP contribution in [0.5, 0.6) is 0 Å². The quantitative estimate of drug-likeness (QED) is 0.151. The summed E-state index contributed by atoms with van der Waals surface area (Å²) in [6.07, 6.45) is 0.564. The summed E-state index contributed by atoms with van der Waals surface area (Å²) in [6, 6.07) is 43.8. The van der Waals surface area contributed by atoms with E-state index in [4.69, 9.17) is 9.73 Å². The molecule has 0 aliphatic heterocycles. The van der Waals surface area contributed by atoms with Gasteiger partial charge in [0.05, 0.1) is 12.0 Å². The molecule has 0 saturated carbocycles. The van der Waals surface area contributed by atoms with Crippen molar-refractivity contribution in [2.45, 2.75) is 6.42 Å². The van der Waals surface area contributed by atoms with E-state index in [1.54, 1.807) is 12.1 Å². The van der Waals surface area contributed by atoms with E-state index in [-0.39, 0.29) is 10.6 Å². The second-order valence-electron chi connectivity index (χ2n) is 8.33. The molecule has 0 N–H and O–H groups in total. The fourth-order valence-electron chi connectivity index (χ4n) is 4.27. The predicted molar refractivity (Wildman–Crippen MR) is 147 cm³/mol. The summed E-state index contributed by atoms with van der Waals surface area (Å²) in [7, 11) is -2.41. The smallest absolute Gasteiger partial charge is 0.258 e. The first kappa shape index (κ1) is 23.4. The summed E-state index contributed by atoms with van der Waals surface area (Å²) in [5.41, 5.74) is 1.90. The van der Waals surface area contributed by atoms with E-state index < -0.39 is 7.05 Å². The number of hydrogen-bond donors (Lipinski definition) is 0. The van der Waals surface area contributed by atoms with Crippen LogP contribution in [0.2, 0.25) is 0 Å². The highest BCUT2D eigenvalue weighted by Gasteiger charge is 2.27. The van der Waals surface area contributed by atoms with E-state index in [2.05, 4.69) is 72.8 Å².